The molecule has 4 nitrogen and oxygen atoms in total. The van der Waals surface area contributed by atoms with Crippen LogP contribution in [0.15, 0.2) is 0 Å². The average molecular weight is 241 g/mol. The number of carbonyl (C=O) groups is 2. The van der Waals surface area contributed by atoms with Crippen molar-refractivity contribution in [3.8, 4) is 0 Å². The Morgan fingerprint density at radius 1 is 1.07 bits per heavy atom. The largest absolute Gasteiger partial charge is 0.370 e. The molecule has 0 bridgehead atoms. The average Bonchev–Trinajstić information content (AvgIpc) is 2.02. The molecule has 0 fully saturated rings. The van der Waals surface area contributed by atoms with Gasteiger partial charge in [-0.05, 0) is 19.3 Å². The molecule has 0 aromatic rings. The summed E-state index contributed by atoms with van der Waals surface area (Å²) >= 11 is 11.2. The van der Waals surface area contributed by atoms with Gasteiger partial charge in [-0.15, -0.1) is 0 Å². The molecule has 0 atom stereocenters. The molecule has 0 spiro atoms. The number of alkyl halides is 2. The van der Waals surface area contributed by atoms with Gasteiger partial charge in [0.05, 0.1) is 0 Å². The van der Waals surface area contributed by atoms with Gasteiger partial charge in [-0.1, -0.05) is 29.6 Å². The molecule has 0 aromatic heterocycles. The van der Waals surface area contributed by atoms with Gasteiger partial charge in [-0.2, -0.15) is 0 Å². The molecule has 0 aromatic carbocycles. The second-order valence-electron chi connectivity index (χ2n) is 3.10. The van der Waals surface area contributed by atoms with Gasteiger partial charge in [0.15, 0.2) is 4.33 Å². The minimum atomic E-state index is -1.49. The first kappa shape index (κ1) is 13.5. The summed E-state index contributed by atoms with van der Waals surface area (Å²) in [6.07, 6.45) is 2.71. The maximum atomic E-state index is 10.7. The third-order valence-electron chi connectivity index (χ3n) is 1.77. The van der Waals surface area contributed by atoms with E-state index in [4.69, 9.17) is 34.7 Å². The van der Waals surface area contributed by atoms with Crippen molar-refractivity contribution in [1.29, 1.82) is 0 Å². The van der Waals surface area contributed by atoms with E-state index in [0.717, 1.165) is 6.42 Å². The van der Waals surface area contributed by atoms with Gasteiger partial charge >= 0.3 is 0 Å². The molecule has 14 heavy (non-hydrogen) atoms. The molecule has 0 saturated carbocycles. The molecule has 0 radical (unpaired) electrons. The Bertz CT molecular complexity index is 219. The molecule has 0 saturated heterocycles. The third-order valence-corrected chi connectivity index (χ3v) is 2.52. The van der Waals surface area contributed by atoms with E-state index in [1.807, 2.05) is 0 Å². The predicted octanol–water partition coefficient (Wildman–Crippen LogP) is 1.08. The smallest absolute Gasteiger partial charge is 0.253 e. The molecule has 0 rings (SSSR count). The minimum absolute atomic E-state index is 0.296. The maximum Gasteiger partial charge on any atom is 0.253 e. The van der Waals surface area contributed by atoms with Crippen LogP contribution in [0.2, 0.25) is 0 Å². The van der Waals surface area contributed by atoms with Crippen molar-refractivity contribution in [2.75, 3.05) is 0 Å². The fourth-order valence-electron chi connectivity index (χ4n) is 0.946. The minimum Gasteiger partial charge on any atom is -0.370 e. The lowest BCUT2D eigenvalue weighted by Gasteiger charge is -2.14. The van der Waals surface area contributed by atoms with Crippen molar-refractivity contribution >= 4 is 35.0 Å². The first-order valence-electron chi connectivity index (χ1n) is 4.32. The van der Waals surface area contributed by atoms with Crippen LogP contribution in [0.25, 0.3) is 0 Å². The molecular formula is C8H14Cl2N2O2. The fraction of sp³-hybridized carbons (Fsp3) is 0.750. The van der Waals surface area contributed by atoms with Crippen molar-refractivity contribution in [2.45, 2.75) is 36.4 Å². The summed E-state index contributed by atoms with van der Waals surface area (Å²) in [6.45, 7) is 0. The molecule has 6 heteroatoms. The fourth-order valence-corrected chi connectivity index (χ4v) is 1.21. The number of unbranched alkanes of at least 4 members (excludes halogenated alkanes) is 2. The number of nitrogens with two attached hydrogens (primary N) is 2. The second kappa shape index (κ2) is 6.09. The lowest BCUT2D eigenvalue weighted by atomic mass is 10.1. The lowest BCUT2D eigenvalue weighted by molar-refractivity contribution is -0.119. The first-order valence-corrected chi connectivity index (χ1v) is 5.08. The van der Waals surface area contributed by atoms with Crippen LogP contribution < -0.4 is 11.5 Å². The number of amides is 2. The number of halogens is 2. The van der Waals surface area contributed by atoms with Gasteiger partial charge in [0.1, 0.15) is 0 Å². The van der Waals surface area contributed by atoms with Crippen LogP contribution in [-0.4, -0.2) is 16.1 Å². The molecule has 2 amide bonds. The Morgan fingerprint density at radius 2 is 1.64 bits per heavy atom. The lowest BCUT2D eigenvalue weighted by Crippen LogP contribution is -2.33. The summed E-state index contributed by atoms with van der Waals surface area (Å²) < 4.78 is -1.49. The highest BCUT2D eigenvalue weighted by Gasteiger charge is 2.30. The number of rotatable bonds is 7. The molecule has 0 aliphatic heterocycles. The Balaban J connectivity index is 3.54. The van der Waals surface area contributed by atoms with Crippen LogP contribution in [0, 0.1) is 0 Å². The summed E-state index contributed by atoms with van der Waals surface area (Å²) in [5.74, 6) is -1.07. The zero-order valence-corrected chi connectivity index (χ0v) is 9.27. The molecule has 4 N–H and O–H groups in total. The van der Waals surface area contributed by atoms with Crippen LogP contribution in [0.3, 0.4) is 0 Å². The summed E-state index contributed by atoms with van der Waals surface area (Å²) in [5, 5.41) is 0. The van der Waals surface area contributed by atoms with Gasteiger partial charge in [0, 0.05) is 6.42 Å². The molecule has 82 valence electrons. The summed E-state index contributed by atoms with van der Waals surface area (Å²) in [5.41, 5.74) is 9.90. The topological polar surface area (TPSA) is 86.2 Å². The van der Waals surface area contributed by atoms with Gasteiger partial charge < -0.3 is 11.5 Å². The zero-order valence-electron chi connectivity index (χ0n) is 7.76. The van der Waals surface area contributed by atoms with Gasteiger partial charge in [-0.25, -0.2) is 0 Å². The van der Waals surface area contributed by atoms with E-state index in [-0.39, 0.29) is 5.91 Å². The van der Waals surface area contributed by atoms with E-state index < -0.39 is 10.2 Å². The maximum absolute atomic E-state index is 10.7. The quantitative estimate of drug-likeness (QED) is 0.516. The Hall–Kier alpha value is -0.480. The Labute approximate surface area is 92.9 Å². The number of hydrogen-bond acceptors (Lipinski definition) is 2. The van der Waals surface area contributed by atoms with E-state index in [1.54, 1.807) is 0 Å². The molecular weight excluding hydrogens is 227 g/mol. The van der Waals surface area contributed by atoms with Crippen LogP contribution in [0.1, 0.15) is 32.1 Å². The van der Waals surface area contributed by atoms with Crippen molar-refractivity contribution in [1.82, 2.24) is 0 Å². The third kappa shape index (κ3) is 6.05. The van der Waals surface area contributed by atoms with Crippen LogP contribution in [0.5, 0.6) is 0 Å². The van der Waals surface area contributed by atoms with Gasteiger partial charge in [-0.3, -0.25) is 9.59 Å². The van der Waals surface area contributed by atoms with E-state index in [9.17, 15) is 9.59 Å². The summed E-state index contributed by atoms with van der Waals surface area (Å²) in [7, 11) is 0. The van der Waals surface area contributed by atoms with Crippen LogP contribution >= 0.6 is 23.2 Å². The standard InChI is InChI=1S/C8H14Cl2N2O2/c9-8(10,7(12)14)5-3-1-2-4-6(11)13/h1-5H2,(H2,11,13)(H2,12,14). The van der Waals surface area contributed by atoms with Crippen molar-refractivity contribution in [3.63, 3.8) is 0 Å². The number of carbonyl (C=O) groups excluding carboxylic acids is 2. The van der Waals surface area contributed by atoms with Crippen molar-refractivity contribution in [2.24, 2.45) is 11.5 Å². The molecule has 0 aliphatic rings. The SMILES string of the molecule is NC(=O)CCCCCC(Cl)(Cl)C(N)=O. The number of hydrogen-bond donors (Lipinski definition) is 2. The van der Waals surface area contributed by atoms with Crippen LogP contribution in [0.4, 0.5) is 0 Å². The Morgan fingerprint density at radius 3 is 2.07 bits per heavy atom. The normalized spacial score (nSPS) is 11.3. The van der Waals surface area contributed by atoms with E-state index in [2.05, 4.69) is 0 Å². The molecule has 0 aliphatic carbocycles. The molecule has 0 unspecified atom stereocenters. The first-order chi connectivity index (χ1) is 6.36. The summed E-state index contributed by atoms with van der Waals surface area (Å²) in [6, 6.07) is 0. The highest BCUT2D eigenvalue weighted by Crippen LogP contribution is 2.27. The second-order valence-corrected chi connectivity index (χ2v) is 4.58. The van der Waals surface area contributed by atoms with E-state index in [0.29, 0.717) is 25.7 Å². The van der Waals surface area contributed by atoms with Crippen molar-refractivity contribution in [3.05, 3.63) is 0 Å². The van der Waals surface area contributed by atoms with Crippen molar-refractivity contribution < 1.29 is 9.59 Å². The van der Waals surface area contributed by atoms with E-state index >= 15 is 0 Å². The zero-order chi connectivity index (χ0) is 11.2. The van der Waals surface area contributed by atoms with Crippen LogP contribution in [-0.2, 0) is 9.59 Å². The highest BCUT2D eigenvalue weighted by molar-refractivity contribution is 6.57. The molecule has 0 heterocycles. The van der Waals surface area contributed by atoms with Gasteiger partial charge in [0.25, 0.3) is 5.91 Å². The predicted molar refractivity (Wildman–Crippen MR) is 55.9 cm³/mol. The van der Waals surface area contributed by atoms with Gasteiger partial charge in [0.2, 0.25) is 5.91 Å². The monoisotopic (exact) mass is 240 g/mol. The highest BCUT2D eigenvalue weighted by atomic mass is 35.5. The van der Waals surface area contributed by atoms with E-state index in [1.165, 1.54) is 0 Å². The Kier molecular flexibility index (Phi) is 5.88. The number of primary amides is 2. The summed E-state index contributed by atoms with van der Waals surface area (Å²) in [4.78, 5) is 21.0.